The molecule has 1 aliphatic carbocycles. The van der Waals surface area contributed by atoms with Crippen molar-refractivity contribution in [1.29, 1.82) is 0 Å². The fourth-order valence-electron chi connectivity index (χ4n) is 2.27. The summed E-state index contributed by atoms with van der Waals surface area (Å²) in [6, 6.07) is 7.07. The van der Waals surface area contributed by atoms with Crippen LogP contribution in [0.4, 0.5) is 0 Å². The van der Waals surface area contributed by atoms with Gasteiger partial charge in [-0.2, -0.15) is 0 Å². The van der Waals surface area contributed by atoms with Crippen molar-refractivity contribution < 1.29 is 0 Å². The molecule has 0 nitrogen and oxygen atoms in total. The topological polar surface area (TPSA) is 0 Å². The highest BCUT2D eigenvalue weighted by molar-refractivity contribution is 5.38. The number of hydrogen-bond acceptors (Lipinski definition) is 0. The van der Waals surface area contributed by atoms with E-state index in [9.17, 15) is 0 Å². The van der Waals surface area contributed by atoms with E-state index < -0.39 is 0 Å². The molecule has 1 atom stereocenters. The molecule has 0 N–H and O–H groups in total. The zero-order chi connectivity index (χ0) is 12.3. The second kappa shape index (κ2) is 5.53. The first-order valence-electron chi connectivity index (χ1n) is 6.84. The summed E-state index contributed by atoms with van der Waals surface area (Å²) in [5, 5.41) is 0. The molecule has 1 aromatic carbocycles. The van der Waals surface area contributed by atoms with Crippen molar-refractivity contribution in [3.8, 4) is 0 Å². The van der Waals surface area contributed by atoms with Gasteiger partial charge < -0.3 is 0 Å². The van der Waals surface area contributed by atoms with Gasteiger partial charge in [-0.1, -0.05) is 37.6 Å². The number of aryl methyl sites for hydroxylation is 1. The van der Waals surface area contributed by atoms with Crippen LogP contribution in [0.2, 0.25) is 0 Å². The van der Waals surface area contributed by atoms with E-state index in [0.717, 1.165) is 5.92 Å². The summed E-state index contributed by atoms with van der Waals surface area (Å²) in [5.41, 5.74) is 4.36. The molecule has 1 saturated carbocycles. The van der Waals surface area contributed by atoms with Crippen LogP contribution in [-0.4, -0.2) is 0 Å². The average molecular weight is 227 g/mol. The third-order valence-corrected chi connectivity index (χ3v) is 3.62. The summed E-state index contributed by atoms with van der Waals surface area (Å²) >= 11 is 0. The first-order valence-corrected chi connectivity index (χ1v) is 6.84. The first kappa shape index (κ1) is 12.4. The second-order valence-electron chi connectivity index (χ2n) is 5.23. The number of unbranched alkanes of at least 4 members (excludes halogenated alkanes) is 1. The molecule has 1 radical (unpaired) electrons. The van der Waals surface area contributed by atoms with Crippen LogP contribution in [0.5, 0.6) is 0 Å². The van der Waals surface area contributed by atoms with Crippen molar-refractivity contribution in [3.05, 3.63) is 54.5 Å². The number of allylic oxidation sites excluding steroid dienone is 1. The molecule has 91 valence electrons. The molecular formula is C17H23. The van der Waals surface area contributed by atoms with E-state index in [-0.39, 0.29) is 5.92 Å². The highest BCUT2D eigenvalue weighted by atomic mass is 14.3. The summed E-state index contributed by atoms with van der Waals surface area (Å²) in [4.78, 5) is 0. The van der Waals surface area contributed by atoms with Gasteiger partial charge in [0.1, 0.15) is 0 Å². The smallest absolute Gasteiger partial charge is 0.00158 e. The summed E-state index contributed by atoms with van der Waals surface area (Å²) in [5.74, 6) is 1.06. The molecule has 0 saturated heterocycles. The molecule has 17 heavy (non-hydrogen) atoms. The van der Waals surface area contributed by atoms with Gasteiger partial charge >= 0.3 is 0 Å². The van der Waals surface area contributed by atoms with Crippen molar-refractivity contribution >= 4 is 0 Å². The van der Waals surface area contributed by atoms with Gasteiger partial charge in [-0.3, -0.25) is 0 Å². The van der Waals surface area contributed by atoms with E-state index in [1.165, 1.54) is 48.8 Å². The number of benzene rings is 1. The lowest BCUT2D eigenvalue weighted by Crippen LogP contribution is -1.96. The minimum absolute atomic E-state index is 0.231. The van der Waals surface area contributed by atoms with Gasteiger partial charge in [-0.25, -0.2) is 0 Å². The van der Waals surface area contributed by atoms with Gasteiger partial charge in [-0.05, 0) is 55.2 Å². The Kier molecular flexibility index (Phi) is 4.04. The third kappa shape index (κ3) is 3.21. The Morgan fingerprint density at radius 2 is 2.12 bits per heavy atom. The normalized spacial score (nSPS) is 16.8. The molecule has 0 aliphatic heterocycles. The molecule has 1 unspecified atom stereocenters. The van der Waals surface area contributed by atoms with Gasteiger partial charge in [0.15, 0.2) is 0 Å². The Balaban J connectivity index is 2.24. The Morgan fingerprint density at radius 1 is 1.35 bits per heavy atom. The molecular weight excluding hydrogens is 204 g/mol. The molecule has 0 bridgehead atoms. The monoisotopic (exact) mass is 227 g/mol. The van der Waals surface area contributed by atoms with Crippen molar-refractivity contribution in [2.45, 2.75) is 50.9 Å². The van der Waals surface area contributed by atoms with Crippen LogP contribution in [0.15, 0.2) is 30.9 Å². The van der Waals surface area contributed by atoms with Crippen LogP contribution < -0.4 is 0 Å². The number of rotatable bonds is 6. The van der Waals surface area contributed by atoms with E-state index in [1.54, 1.807) is 0 Å². The van der Waals surface area contributed by atoms with Crippen LogP contribution >= 0.6 is 0 Å². The Hall–Kier alpha value is -1.04. The SMILES string of the molecule is [CH2]C(C=C)c1cc(CCCC)cc(C2CC2)c1. The van der Waals surface area contributed by atoms with Gasteiger partial charge in [0.05, 0.1) is 0 Å². The maximum absolute atomic E-state index is 4.15. The molecule has 1 fully saturated rings. The van der Waals surface area contributed by atoms with E-state index in [2.05, 4.69) is 38.6 Å². The van der Waals surface area contributed by atoms with Crippen molar-refractivity contribution in [2.75, 3.05) is 0 Å². The molecule has 0 amide bonds. The molecule has 2 rings (SSSR count). The molecule has 1 aromatic rings. The van der Waals surface area contributed by atoms with Crippen LogP contribution in [0, 0.1) is 6.92 Å². The van der Waals surface area contributed by atoms with Crippen LogP contribution in [-0.2, 0) is 6.42 Å². The minimum atomic E-state index is 0.231. The van der Waals surface area contributed by atoms with E-state index >= 15 is 0 Å². The quantitative estimate of drug-likeness (QED) is 0.599. The Labute approximate surface area is 106 Å². The largest absolute Gasteiger partial charge is 0.102 e. The fourth-order valence-corrected chi connectivity index (χ4v) is 2.27. The molecule has 0 heterocycles. The summed E-state index contributed by atoms with van der Waals surface area (Å²) in [7, 11) is 0. The molecule has 1 aliphatic rings. The van der Waals surface area contributed by atoms with E-state index in [4.69, 9.17) is 0 Å². The van der Waals surface area contributed by atoms with Crippen molar-refractivity contribution in [1.82, 2.24) is 0 Å². The van der Waals surface area contributed by atoms with Crippen LogP contribution in [0.3, 0.4) is 0 Å². The lowest BCUT2D eigenvalue weighted by molar-refractivity contribution is 0.792. The van der Waals surface area contributed by atoms with Crippen molar-refractivity contribution in [3.63, 3.8) is 0 Å². The fraction of sp³-hybridized carbons (Fsp3) is 0.471. The zero-order valence-corrected chi connectivity index (χ0v) is 10.9. The predicted molar refractivity (Wildman–Crippen MR) is 75.3 cm³/mol. The summed E-state index contributed by atoms with van der Waals surface area (Å²) < 4.78 is 0. The van der Waals surface area contributed by atoms with Crippen LogP contribution in [0.1, 0.15) is 61.1 Å². The minimum Gasteiger partial charge on any atom is -0.102 e. The first-order chi connectivity index (χ1) is 8.24. The molecule has 0 spiro atoms. The highest BCUT2D eigenvalue weighted by Gasteiger charge is 2.24. The molecule has 0 aromatic heterocycles. The third-order valence-electron chi connectivity index (χ3n) is 3.62. The maximum atomic E-state index is 4.15. The second-order valence-corrected chi connectivity index (χ2v) is 5.23. The van der Waals surface area contributed by atoms with Crippen molar-refractivity contribution in [2.24, 2.45) is 0 Å². The Bertz CT molecular complexity index is 385. The summed E-state index contributed by atoms with van der Waals surface area (Å²) in [6.45, 7) is 10.3. The molecule has 0 heteroatoms. The van der Waals surface area contributed by atoms with Gasteiger partial charge in [0.25, 0.3) is 0 Å². The lowest BCUT2D eigenvalue weighted by Gasteiger charge is -2.12. The van der Waals surface area contributed by atoms with Gasteiger partial charge in [0, 0.05) is 5.92 Å². The lowest BCUT2D eigenvalue weighted by atomic mass is 9.93. The highest BCUT2D eigenvalue weighted by Crippen LogP contribution is 2.41. The Morgan fingerprint density at radius 3 is 2.71 bits per heavy atom. The van der Waals surface area contributed by atoms with Gasteiger partial charge in [0.2, 0.25) is 0 Å². The average Bonchev–Trinajstić information content (AvgIpc) is 3.19. The zero-order valence-electron chi connectivity index (χ0n) is 10.9. The maximum Gasteiger partial charge on any atom is 0.00158 e. The van der Waals surface area contributed by atoms with Gasteiger partial charge in [-0.15, -0.1) is 6.58 Å². The van der Waals surface area contributed by atoms with E-state index in [1.807, 2.05) is 6.08 Å². The standard InChI is InChI=1S/C17H23/c1-4-6-7-14-10-16(13(3)5-2)12-17(11-14)15-8-9-15/h5,10-13,15H,2-4,6-9H2,1H3. The predicted octanol–water partition coefficient (Wildman–Crippen LogP) is 5.01. The van der Waals surface area contributed by atoms with Crippen LogP contribution in [0.25, 0.3) is 0 Å². The number of hydrogen-bond donors (Lipinski definition) is 0. The van der Waals surface area contributed by atoms with E-state index in [0.29, 0.717) is 0 Å². The summed E-state index contributed by atoms with van der Waals surface area (Å²) in [6.07, 6.45) is 8.42.